The predicted molar refractivity (Wildman–Crippen MR) is 93.5 cm³/mol. The van der Waals surface area contributed by atoms with Gasteiger partial charge in [0.2, 0.25) is 0 Å². The minimum absolute atomic E-state index is 0.102. The minimum Gasteiger partial charge on any atom is -0.508 e. The number of carbonyl (C=O) groups is 1. The Labute approximate surface area is 138 Å². The van der Waals surface area contributed by atoms with Crippen molar-refractivity contribution >= 4 is 22.9 Å². The van der Waals surface area contributed by atoms with Crippen LogP contribution in [0.4, 0.5) is 0 Å². The molecule has 0 aliphatic rings. The summed E-state index contributed by atoms with van der Waals surface area (Å²) in [5, 5.41) is 25.2. The van der Waals surface area contributed by atoms with E-state index in [0.29, 0.717) is 5.56 Å². The number of nitrogens with zero attached hydrogens (tertiary/aromatic N) is 1. The first-order valence-electron chi connectivity index (χ1n) is 7.39. The Hall–Kier alpha value is -3.34. The number of aromatic hydroxyl groups is 2. The zero-order chi connectivity index (χ0) is 17.1. The molecule has 3 rings (SSSR count). The number of aryl methyl sites for hydroxylation is 1. The number of nitrogens with one attached hydrogen (secondary N) is 1. The van der Waals surface area contributed by atoms with Gasteiger partial charge >= 0.3 is 0 Å². The first-order valence-corrected chi connectivity index (χ1v) is 7.39. The Morgan fingerprint density at radius 1 is 1.00 bits per heavy atom. The molecule has 0 heterocycles. The van der Waals surface area contributed by atoms with Gasteiger partial charge in [-0.05, 0) is 47.0 Å². The lowest BCUT2D eigenvalue weighted by atomic mass is 10.1. The number of phenols is 2. The average Bonchev–Trinajstić information content (AvgIpc) is 2.57. The van der Waals surface area contributed by atoms with E-state index >= 15 is 0 Å². The van der Waals surface area contributed by atoms with E-state index < -0.39 is 5.91 Å². The molecular weight excluding hydrogens is 304 g/mol. The molecule has 0 spiro atoms. The van der Waals surface area contributed by atoms with Crippen molar-refractivity contribution in [2.75, 3.05) is 0 Å². The number of fused-ring (bicyclic) bond motifs is 1. The lowest BCUT2D eigenvalue weighted by Gasteiger charge is -2.05. The molecule has 0 saturated carbocycles. The molecule has 120 valence electrons. The summed E-state index contributed by atoms with van der Waals surface area (Å²) >= 11 is 0. The number of hydrazone groups is 1. The van der Waals surface area contributed by atoms with Crippen molar-refractivity contribution < 1.29 is 15.0 Å². The van der Waals surface area contributed by atoms with Crippen LogP contribution in [0.5, 0.6) is 11.5 Å². The summed E-state index contributed by atoms with van der Waals surface area (Å²) < 4.78 is 0. The molecule has 0 unspecified atom stereocenters. The van der Waals surface area contributed by atoms with Crippen LogP contribution < -0.4 is 5.43 Å². The van der Waals surface area contributed by atoms with Gasteiger partial charge < -0.3 is 10.2 Å². The number of benzene rings is 3. The molecule has 0 saturated heterocycles. The summed E-state index contributed by atoms with van der Waals surface area (Å²) in [6.45, 7) is 1.79. The van der Waals surface area contributed by atoms with Crippen molar-refractivity contribution in [1.82, 2.24) is 5.43 Å². The van der Waals surface area contributed by atoms with Crippen LogP contribution in [0.15, 0.2) is 59.7 Å². The molecule has 3 aromatic rings. The zero-order valence-corrected chi connectivity index (χ0v) is 13.0. The topological polar surface area (TPSA) is 81.9 Å². The fraction of sp³-hybridized carbons (Fsp3) is 0.0526. The van der Waals surface area contributed by atoms with Crippen LogP contribution in [0.3, 0.4) is 0 Å². The molecule has 5 nitrogen and oxygen atoms in total. The maximum Gasteiger partial charge on any atom is 0.275 e. The van der Waals surface area contributed by atoms with Crippen LogP contribution in [0.1, 0.15) is 21.5 Å². The number of hydrogen-bond donors (Lipinski definition) is 3. The van der Waals surface area contributed by atoms with Gasteiger partial charge in [-0.15, -0.1) is 0 Å². The standard InChI is InChI=1S/C19H16N2O3/c1-12-6-7-13(8-17(12)22)11-20-21-19(24)16-9-14-4-2-3-5-15(14)10-18(16)23/h2-11,22-23H,1H3,(H,21,24)/b20-11-. The smallest absolute Gasteiger partial charge is 0.275 e. The van der Waals surface area contributed by atoms with Crippen molar-refractivity contribution in [3.8, 4) is 11.5 Å². The number of hydrogen-bond acceptors (Lipinski definition) is 4. The monoisotopic (exact) mass is 320 g/mol. The Morgan fingerprint density at radius 3 is 2.42 bits per heavy atom. The van der Waals surface area contributed by atoms with Crippen molar-refractivity contribution in [2.45, 2.75) is 6.92 Å². The molecule has 5 heteroatoms. The second kappa shape index (κ2) is 6.42. The van der Waals surface area contributed by atoms with Crippen LogP contribution >= 0.6 is 0 Å². The average molecular weight is 320 g/mol. The number of carbonyl (C=O) groups excluding carboxylic acids is 1. The van der Waals surface area contributed by atoms with Crippen LogP contribution in [-0.2, 0) is 0 Å². The maximum atomic E-state index is 12.2. The molecule has 3 N–H and O–H groups in total. The Kier molecular flexibility index (Phi) is 4.16. The Morgan fingerprint density at radius 2 is 1.71 bits per heavy atom. The highest BCUT2D eigenvalue weighted by atomic mass is 16.3. The summed E-state index contributed by atoms with van der Waals surface area (Å²) in [6.07, 6.45) is 1.43. The van der Waals surface area contributed by atoms with Gasteiger partial charge in [-0.2, -0.15) is 5.10 Å². The highest BCUT2D eigenvalue weighted by molar-refractivity contribution is 6.01. The van der Waals surface area contributed by atoms with Gasteiger partial charge in [-0.1, -0.05) is 36.4 Å². The van der Waals surface area contributed by atoms with Crippen molar-refractivity contribution in [1.29, 1.82) is 0 Å². The van der Waals surface area contributed by atoms with Crippen LogP contribution in [0.2, 0.25) is 0 Å². The van der Waals surface area contributed by atoms with Crippen LogP contribution in [-0.4, -0.2) is 22.3 Å². The van der Waals surface area contributed by atoms with Crippen LogP contribution in [0.25, 0.3) is 10.8 Å². The summed E-state index contributed by atoms with van der Waals surface area (Å²) in [5.74, 6) is -0.447. The van der Waals surface area contributed by atoms with Gasteiger partial charge in [0.05, 0.1) is 11.8 Å². The lowest BCUT2D eigenvalue weighted by molar-refractivity contribution is 0.0952. The SMILES string of the molecule is Cc1ccc(/C=N\NC(=O)c2cc3ccccc3cc2O)cc1O. The molecule has 1 amide bonds. The fourth-order valence-electron chi connectivity index (χ4n) is 2.34. The number of rotatable bonds is 3. The summed E-state index contributed by atoms with van der Waals surface area (Å²) in [4.78, 5) is 12.2. The van der Waals surface area contributed by atoms with Crippen LogP contribution in [0, 0.1) is 6.92 Å². The van der Waals surface area contributed by atoms with E-state index in [1.807, 2.05) is 24.3 Å². The third-order valence-electron chi connectivity index (χ3n) is 3.72. The van der Waals surface area contributed by atoms with E-state index in [0.717, 1.165) is 16.3 Å². The van der Waals surface area contributed by atoms with E-state index in [1.54, 1.807) is 37.3 Å². The molecular formula is C19H16N2O3. The Bertz CT molecular complexity index is 948. The minimum atomic E-state index is -0.508. The van der Waals surface area contributed by atoms with E-state index in [9.17, 15) is 15.0 Å². The molecule has 0 radical (unpaired) electrons. The van der Waals surface area contributed by atoms with E-state index in [2.05, 4.69) is 10.5 Å². The molecule has 0 atom stereocenters. The fourth-order valence-corrected chi connectivity index (χ4v) is 2.34. The van der Waals surface area contributed by atoms with E-state index in [1.165, 1.54) is 6.21 Å². The summed E-state index contributed by atoms with van der Waals surface area (Å²) in [5.41, 5.74) is 3.94. The van der Waals surface area contributed by atoms with Crippen molar-refractivity contribution in [3.05, 3.63) is 71.3 Å². The molecule has 0 bridgehead atoms. The van der Waals surface area contributed by atoms with Crippen molar-refractivity contribution in [2.24, 2.45) is 5.10 Å². The van der Waals surface area contributed by atoms with E-state index in [-0.39, 0.29) is 17.1 Å². The summed E-state index contributed by atoms with van der Waals surface area (Å²) in [6, 6.07) is 15.7. The molecule has 24 heavy (non-hydrogen) atoms. The first kappa shape index (κ1) is 15.6. The van der Waals surface area contributed by atoms with Crippen molar-refractivity contribution in [3.63, 3.8) is 0 Å². The molecule has 0 aliphatic heterocycles. The molecule has 0 aliphatic carbocycles. The second-order valence-electron chi connectivity index (χ2n) is 5.46. The first-order chi connectivity index (χ1) is 11.5. The lowest BCUT2D eigenvalue weighted by Crippen LogP contribution is -2.17. The number of amides is 1. The number of phenolic OH excluding ortho intramolecular Hbond substituents is 2. The predicted octanol–water partition coefficient (Wildman–Crippen LogP) is 3.32. The van der Waals surface area contributed by atoms with Gasteiger partial charge in [0.15, 0.2) is 0 Å². The highest BCUT2D eigenvalue weighted by Gasteiger charge is 2.11. The zero-order valence-electron chi connectivity index (χ0n) is 13.0. The molecule has 0 aromatic heterocycles. The summed E-state index contributed by atoms with van der Waals surface area (Å²) in [7, 11) is 0. The third-order valence-corrected chi connectivity index (χ3v) is 3.72. The molecule has 3 aromatic carbocycles. The van der Waals surface area contributed by atoms with Gasteiger partial charge in [0, 0.05) is 0 Å². The van der Waals surface area contributed by atoms with Gasteiger partial charge in [0.1, 0.15) is 11.5 Å². The third kappa shape index (κ3) is 3.20. The maximum absolute atomic E-state index is 12.2. The van der Waals surface area contributed by atoms with E-state index in [4.69, 9.17) is 0 Å². The van der Waals surface area contributed by atoms with Gasteiger partial charge in [-0.25, -0.2) is 5.43 Å². The quantitative estimate of drug-likeness (QED) is 0.511. The normalized spacial score (nSPS) is 11.0. The Balaban J connectivity index is 1.78. The largest absolute Gasteiger partial charge is 0.508 e. The second-order valence-corrected chi connectivity index (χ2v) is 5.46. The highest BCUT2D eigenvalue weighted by Crippen LogP contribution is 2.24. The molecule has 0 fully saturated rings. The van der Waals surface area contributed by atoms with Gasteiger partial charge in [0.25, 0.3) is 5.91 Å². The van der Waals surface area contributed by atoms with Gasteiger partial charge in [-0.3, -0.25) is 4.79 Å².